The number of nitrogens with zero attached hydrogens (tertiary/aromatic N) is 3. The van der Waals surface area contributed by atoms with Crippen LogP contribution in [0.25, 0.3) is 0 Å². The van der Waals surface area contributed by atoms with Crippen LogP contribution in [0, 0.1) is 5.92 Å². The minimum Gasteiger partial charge on any atom is -0.480 e. The molecule has 2 aromatic heterocycles. The third kappa shape index (κ3) is 7.22. The normalized spacial score (nSPS) is 15.9. The van der Waals surface area contributed by atoms with Crippen LogP contribution in [0.1, 0.15) is 12.8 Å². The van der Waals surface area contributed by atoms with Crippen molar-refractivity contribution >= 4 is 23.3 Å². The number of carboxylic acid groups (broad SMARTS) is 1. The van der Waals surface area contributed by atoms with Crippen LogP contribution in [0.15, 0.2) is 47.7 Å². The SMILES string of the molecule is FC(F)F.O=C(O)Cn1cc(NC(=O)[C@H]2CCCN(c3cccnc3)C2)ccc1=O. The van der Waals surface area contributed by atoms with Gasteiger partial charge in [0.15, 0.2) is 0 Å². The first-order valence-electron chi connectivity index (χ1n) is 9.06. The quantitative estimate of drug-likeness (QED) is 0.761. The smallest absolute Gasteiger partial charge is 0.379 e. The number of carboxylic acids is 1. The van der Waals surface area contributed by atoms with Gasteiger partial charge in [-0.3, -0.25) is 19.4 Å². The average Bonchev–Trinajstić information content (AvgIpc) is 2.70. The molecule has 1 atom stereocenters. The molecule has 30 heavy (non-hydrogen) atoms. The van der Waals surface area contributed by atoms with E-state index in [-0.39, 0.29) is 11.8 Å². The molecule has 1 aliphatic heterocycles. The number of nitrogens with one attached hydrogen (secondary N) is 1. The standard InChI is InChI=1S/C18H20N4O4.CHF3/c23-16-6-5-14(11-22(16)12-17(24)25)20-18(26)13-3-2-8-21(10-13)15-4-1-7-19-9-15;2-1(3)4/h1,4-7,9,11,13H,2-3,8,10,12H2,(H,20,26)(H,24,25);1H/t13-;/m0./s1. The Morgan fingerprint density at radius 2 is 2.00 bits per heavy atom. The molecule has 162 valence electrons. The third-order valence-electron chi connectivity index (χ3n) is 4.36. The predicted octanol–water partition coefficient (Wildman–Crippen LogP) is 2.36. The van der Waals surface area contributed by atoms with Gasteiger partial charge in [-0.2, -0.15) is 13.2 Å². The van der Waals surface area contributed by atoms with E-state index in [1.807, 2.05) is 12.1 Å². The number of aromatic nitrogens is 2. The van der Waals surface area contributed by atoms with E-state index in [0.717, 1.165) is 29.6 Å². The zero-order chi connectivity index (χ0) is 22.1. The van der Waals surface area contributed by atoms with Gasteiger partial charge in [-0.1, -0.05) is 0 Å². The van der Waals surface area contributed by atoms with Crippen molar-refractivity contribution in [3.8, 4) is 0 Å². The molecular formula is C19H21F3N4O4. The summed E-state index contributed by atoms with van der Waals surface area (Å²) in [6, 6.07) is 6.57. The van der Waals surface area contributed by atoms with Crippen molar-refractivity contribution in [2.45, 2.75) is 26.1 Å². The highest BCUT2D eigenvalue weighted by Gasteiger charge is 2.26. The number of carbonyl (C=O) groups excluding carboxylic acids is 1. The molecule has 1 fully saturated rings. The number of hydrogen-bond donors (Lipinski definition) is 2. The van der Waals surface area contributed by atoms with E-state index >= 15 is 0 Å². The second-order valence-corrected chi connectivity index (χ2v) is 6.51. The molecule has 8 nitrogen and oxygen atoms in total. The zero-order valence-corrected chi connectivity index (χ0v) is 15.9. The van der Waals surface area contributed by atoms with Crippen molar-refractivity contribution in [1.29, 1.82) is 0 Å². The van der Waals surface area contributed by atoms with Crippen molar-refractivity contribution in [2.24, 2.45) is 5.92 Å². The van der Waals surface area contributed by atoms with Crippen molar-refractivity contribution in [1.82, 2.24) is 9.55 Å². The van der Waals surface area contributed by atoms with Gasteiger partial charge in [0, 0.05) is 31.5 Å². The Bertz CT molecular complexity index is 905. The molecule has 1 saturated heterocycles. The van der Waals surface area contributed by atoms with Crippen LogP contribution in [0.3, 0.4) is 0 Å². The van der Waals surface area contributed by atoms with Crippen LogP contribution in [0.5, 0.6) is 0 Å². The number of aliphatic carboxylic acids is 1. The Morgan fingerprint density at radius 1 is 1.27 bits per heavy atom. The van der Waals surface area contributed by atoms with Crippen molar-refractivity contribution < 1.29 is 27.9 Å². The highest BCUT2D eigenvalue weighted by molar-refractivity contribution is 5.93. The van der Waals surface area contributed by atoms with E-state index in [1.165, 1.54) is 18.3 Å². The maximum Gasteiger partial charge on any atom is 0.379 e. The first-order valence-corrected chi connectivity index (χ1v) is 9.06. The van der Waals surface area contributed by atoms with E-state index in [9.17, 15) is 27.6 Å². The van der Waals surface area contributed by atoms with Crippen molar-refractivity contribution in [3.63, 3.8) is 0 Å². The van der Waals surface area contributed by atoms with Crippen LogP contribution in [-0.2, 0) is 16.1 Å². The summed E-state index contributed by atoms with van der Waals surface area (Å²) in [6.07, 6.45) is 6.52. The van der Waals surface area contributed by atoms with Gasteiger partial charge in [0.25, 0.3) is 5.56 Å². The molecule has 3 heterocycles. The number of pyridine rings is 2. The van der Waals surface area contributed by atoms with Gasteiger partial charge in [-0.25, -0.2) is 0 Å². The molecule has 0 spiro atoms. The molecule has 1 amide bonds. The van der Waals surface area contributed by atoms with Crippen molar-refractivity contribution in [2.75, 3.05) is 23.3 Å². The van der Waals surface area contributed by atoms with E-state index in [2.05, 4.69) is 15.2 Å². The third-order valence-corrected chi connectivity index (χ3v) is 4.36. The number of halogens is 3. The van der Waals surface area contributed by atoms with Gasteiger partial charge in [-0.15, -0.1) is 0 Å². The lowest BCUT2D eigenvalue weighted by Gasteiger charge is -2.33. The summed E-state index contributed by atoms with van der Waals surface area (Å²) in [4.78, 5) is 41.3. The summed E-state index contributed by atoms with van der Waals surface area (Å²) >= 11 is 0. The molecule has 11 heteroatoms. The van der Waals surface area contributed by atoms with Crippen LogP contribution in [-0.4, -0.2) is 46.3 Å². The second kappa shape index (κ2) is 11.0. The lowest BCUT2D eigenvalue weighted by molar-refractivity contribution is -0.137. The van der Waals surface area contributed by atoms with Gasteiger partial charge in [0.05, 0.1) is 23.5 Å². The Morgan fingerprint density at radius 3 is 2.63 bits per heavy atom. The van der Waals surface area contributed by atoms with Crippen LogP contribution in [0.4, 0.5) is 24.5 Å². The lowest BCUT2D eigenvalue weighted by atomic mass is 9.96. The maximum absolute atomic E-state index is 12.6. The fourth-order valence-corrected chi connectivity index (χ4v) is 3.09. The molecule has 1 aliphatic rings. The van der Waals surface area contributed by atoms with E-state index < -0.39 is 24.8 Å². The summed E-state index contributed by atoms with van der Waals surface area (Å²) in [7, 11) is 0. The highest BCUT2D eigenvalue weighted by Crippen LogP contribution is 2.23. The Kier molecular flexibility index (Phi) is 8.39. The maximum atomic E-state index is 12.6. The summed E-state index contributed by atoms with van der Waals surface area (Å²) in [6.45, 7) is -2.65. The topological polar surface area (TPSA) is 105 Å². The van der Waals surface area contributed by atoms with Gasteiger partial charge in [0.1, 0.15) is 6.54 Å². The minimum atomic E-state index is -3.67. The van der Waals surface area contributed by atoms with Gasteiger partial charge in [0.2, 0.25) is 5.91 Å². The fourth-order valence-electron chi connectivity index (χ4n) is 3.09. The molecule has 0 saturated carbocycles. The summed E-state index contributed by atoms with van der Waals surface area (Å²) in [5.41, 5.74) is 0.972. The number of carbonyl (C=O) groups is 2. The first kappa shape index (κ1) is 22.9. The minimum absolute atomic E-state index is 0.140. The second-order valence-electron chi connectivity index (χ2n) is 6.51. The number of anilines is 2. The first-order chi connectivity index (χ1) is 14.3. The van der Waals surface area contributed by atoms with E-state index in [0.29, 0.717) is 12.2 Å². The Hall–Kier alpha value is -3.37. The van der Waals surface area contributed by atoms with Crippen molar-refractivity contribution in [3.05, 3.63) is 53.2 Å². The van der Waals surface area contributed by atoms with Crippen LogP contribution >= 0.6 is 0 Å². The molecule has 2 aromatic rings. The summed E-state index contributed by atoms with van der Waals surface area (Å²) in [5, 5.41) is 11.6. The zero-order valence-electron chi connectivity index (χ0n) is 15.9. The number of alkyl halides is 3. The van der Waals surface area contributed by atoms with Gasteiger partial charge < -0.3 is 19.9 Å². The number of hydrogen-bond acceptors (Lipinski definition) is 5. The number of piperidine rings is 1. The summed E-state index contributed by atoms with van der Waals surface area (Å²) < 4.78 is 30.1. The Labute approximate surface area is 170 Å². The summed E-state index contributed by atoms with van der Waals surface area (Å²) in [5.74, 6) is -1.45. The lowest BCUT2D eigenvalue weighted by Crippen LogP contribution is -2.40. The average molecular weight is 426 g/mol. The van der Waals surface area contributed by atoms with Crippen LogP contribution in [0.2, 0.25) is 0 Å². The number of amides is 1. The number of rotatable bonds is 5. The Balaban J connectivity index is 0.000000735. The highest BCUT2D eigenvalue weighted by atomic mass is 19.4. The van der Waals surface area contributed by atoms with Gasteiger partial charge >= 0.3 is 12.6 Å². The molecule has 3 rings (SSSR count). The van der Waals surface area contributed by atoms with E-state index in [1.54, 1.807) is 12.4 Å². The van der Waals surface area contributed by atoms with E-state index in [4.69, 9.17) is 5.11 Å². The molecule has 0 unspecified atom stereocenters. The molecule has 0 radical (unpaired) electrons. The predicted molar refractivity (Wildman–Crippen MR) is 103 cm³/mol. The van der Waals surface area contributed by atoms with Gasteiger partial charge in [-0.05, 0) is 31.0 Å². The monoisotopic (exact) mass is 426 g/mol. The largest absolute Gasteiger partial charge is 0.480 e. The molecule has 2 N–H and O–H groups in total. The molecule has 0 bridgehead atoms. The van der Waals surface area contributed by atoms with Crippen LogP contribution < -0.4 is 15.8 Å². The molecule has 0 aromatic carbocycles. The molecular weight excluding hydrogens is 405 g/mol. The molecule has 0 aliphatic carbocycles. The fraction of sp³-hybridized carbons (Fsp3) is 0.368.